The molecule has 19 heteroatoms. The lowest BCUT2D eigenvalue weighted by atomic mass is 10.1. The predicted molar refractivity (Wildman–Crippen MR) is 427 cm³/mol. The number of phosphoric acid groups is 2. The Bertz CT molecular complexity index is 2440. The number of aliphatic hydroxyl groups is 1. The zero-order chi connectivity index (χ0) is 76.0. The van der Waals surface area contributed by atoms with Crippen LogP contribution in [0.1, 0.15) is 336 Å². The molecular weight excluding hydrogens is 1350 g/mol. The van der Waals surface area contributed by atoms with Crippen LogP contribution in [-0.2, 0) is 65.4 Å². The van der Waals surface area contributed by atoms with Crippen molar-refractivity contribution in [2.45, 2.75) is 354 Å². The van der Waals surface area contributed by atoms with E-state index in [2.05, 4.69) is 131 Å². The highest BCUT2D eigenvalue weighted by Gasteiger charge is 2.30. The van der Waals surface area contributed by atoms with Gasteiger partial charge in [-0.3, -0.25) is 37.3 Å². The number of esters is 4. The Morgan fingerprint density at radius 1 is 0.269 bits per heavy atom. The lowest BCUT2D eigenvalue weighted by Gasteiger charge is -2.21. The van der Waals surface area contributed by atoms with Crippen LogP contribution in [0.5, 0.6) is 0 Å². The molecule has 0 heterocycles. The molecule has 0 saturated heterocycles. The molecule has 0 radical (unpaired) electrons. The normalized spacial score (nSPS) is 14.5. The second kappa shape index (κ2) is 76.6. The molecule has 0 aromatic carbocycles. The minimum absolute atomic E-state index is 0.0319. The third kappa shape index (κ3) is 75.7. The Morgan fingerprint density at radius 2 is 0.490 bits per heavy atom. The zero-order valence-corrected chi connectivity index (χ0v) is 67.2. The Balaban J connectivity index is 5.46. The van der Waals surface area contributed by atoms with Crippen LogP contribution in [0.4, 0.5) is 0 Å². The Morgan fingerprint density at radius 3 is 0.808 bits per heavy atom. The molecule has 0 spiro atoms. The van der Waals surface area contributed by atoms with Gasteiger partial charge in [0.25, 0.3) is 0 Å². The van der Waals surface area contributed by atoms with Crippen LogP contribution in [0, 0.1) is 0 Å². The second-order valence-electron chi connectivity index (χ2n) is 27.0. The summed E-state index contributed by atoms with van der Waals surface area (Å²) in [6.45, 7) is 4.69. The van der Waals surface area contributed by atoms with E-state index in [9.17, 15) is 43.2 Å². The first-order valence-corrected chi connectivity index (χ1v) is 43.8. The fraction of sp³-hybridized carbons (Fsp3) is 0.718. The van der Waals surface area contributed by atoms with Crippen LogP contribution in [0.25, 0.3) is 0 Å². The molecule has 17 nitrogen and oxygen atoms in total. The molecule has 598 valence electrons. The third-order valence-corrected chi connectivity index (χ3v) is 18.8. The monoisotopic (exact) mass is 1500 g/mol. The average Bonchev–Trinajstić information content (AvgIpc) is 0.943. The number of aliphatic hydroxyl groups excluding tert-OH is 1. The van der Waals surface area contributed by atoms with Crippen LogP contribution in [0.15, 0.2) is 122 Å². The van der Waals surface area contributed by atoms with E-state index >= 15 is 0 Å². The summed E-state index contributed by atoms with van der Waals surface area (Å²) in [5, 5.41) is 10.6. The highest BCUT2D eigenvalue weighted by Crippen LogP contribution is 2.45. The first kappa shape index (κ1) is 99.5. The standard InChI is InChI=1S/C85H146O17P2/c1-5-9-13-17-21-25-29-33-37-38-39-40-44-48-52-56-60-64-68-72-85(90)102-81(76-96-83(88)70-66-62-58-54-50-46-42-35-31-27-23-19-15-11-7-3)78-100-104(93,94)98-74-79(86)73-97-103(91,92)99-77-80(101-84(89)71-67-63-59-55-51-47-43-36-32-28-24-20-16-12-8-4)75-95-82(87)69-65-61-57-53-49-45-41-34-30-26-22-18-14-10-6-2/h21-22,24-26,28,33-37,39-43,48,52,60,64,79-81,86H,5-20,23,27,29-32,38,44-47,49-51,53-59,61-63,65-78H2,1-4H3,(H,91,92)(H,93,94)/b25-21-,26-22-,28-24-,37-33-,40-39-,41-34-,42-35-,43-36-,52-48-,64-60-/t79-,80-,81-/m1/s1. The number of rotatable bonds is 76. The largest absolute Gasteiger partial charge is 0.472 e. The quantitative estimate of drug-likeness (QED) is 0.0169. The molecule has 2 unspecified atom stereocenters. The number of hydrogen-bond acceptors (Lipinski definition) is 15. The van der Waals surface area contributed by atoms with Gasteiger partial charge in [-0.05, 0) is 154 Å². The van der Waals surface area contributed by atoms with Crippen LogP contribution in [-0.4, -0.2) is 96.7 Å². The van der Waals surface area contributed by atoms with Gasteiger partial charge in [-0.15, -0.1) is 0 Å². The van der Waals surface area contributed by atoms with Crippen molar-refractivity contribution in [3.05, 3.63) is 122 Å². The van der Waals surface area contributed by atoms with Crippen LogP contribution in [0.2, 0.25) is 0 Å². The van der Waals surface area contributed by atoms with E-state index in [-0.39, 0.29) is 25.7 Å². The summed E-state index contributed by atoms with van der Waals surface area (Å²) in [6.07, 6.45) is 84.7. The summed E-state index contributed by atoms with van der Waals surface area (Å²) in [5.41, 5.74) is 0. The minimum atomic E-state index is -5.00. The van der Waals surface area contributed by atoms with Crippen molar-refractivity contribution in [2.75, 3.05) is 39.6 Å². The number of unbranched alkanes of at least 4 members (excludes halogenated alkanes) is 30. The van der Waals surface area contributed by atoms with Crippen LogP contribution < -0.4 is 0 Å². The summed E-state index contributed by atoms with van der Waals surface area (Å²) in [4.78, 5) is 73.0. The highest BCUT2D eigenvalue weighted by molar-refractivity contribution is 7.47. The van der Waals surface area contributed by atoms with E-state index in [1.54, 1.807) is 0 Å². The molecule has 0 fully saturated rings. The van der Waals surface area contributed by atoms with E-state index in [0.717, 1.165) is 154 Å². The van der Waals surface area contributed by atoms with E-state index in [0.29, 0.717) is 32.1 Å². The highest BCUT2D eigenvalue weighted by atomic mass is 31.2. The van der Waals surface area contributed by atoms with Crippen molar-refractivity contribution >= 4 is 39.5 Å². The van der Waals surface area contributed by atoms with Gasteiger partial charge in [0, 0.05) is 25.7 Å². The lowest BCUT2D eigenvalue weighted by Crippen LogP contribution is -2.30. The molecule has 3 N–H and O–H groups in total. The maximum absolute atomic E-state index is 13.1. The molecule has 0 amide bonds. The topological polar surface area (TPSA) is 237 Å². The summed E-state index contributed by atoms with van der Waals surface area (Å²) >= 11 is 0. The second-order valence-corrected chi connectivity index (χ2v) is 29.9. The Labute approximate surface area is 632 Å². The smallest absolute Gasteiger partial charge is 0.462 e. The number of phosphoric ester groups is 2. The van der Waals surface area contributed by atoms with Gasteiger partial charge in [0.2, 0.25) is 0 Å². The SMILES string of the molecule is CCCCC/C=C\C/C=C\C/C=C\C/C=C\C/C=C\CCC(=O)O[C@H](COC(=O)CCCCCCC/C=C\CCCCCCCC)COP(=O)(O)OC[C@H](O)COP(=O)(O)OC[C@@H](COC(=O)CCCCCCC/C=C\C/C=C\CCCCC)OC(=O)CCCCCCC/C=C\C/C=C\CCCCC. The zero-order valence-electron chi connectivity index (χ0n) is 65.4. The Hall–Kier alpha value is -4.54. The fourth-order valence-electron chi connectivity index (χ4n) is 10.6. The van der Waals surface area contributed by atoms with E-state index in [1.807, 2.05) is 18.2 Å². The molecule has 104 heavy (non-hydrogen) atoms. The maximum Gasteiger partial charge on any atom is 0.472 e. The van der Waals surface area contributed by atoms with E-state index < -0.39 is 97.5 Å². The van der Waals surface area contributed by atoms with Gasteiger partial charge in [-0.25, -0.2) is 9.13 Å². The van der Waals surface area contributed by atoms with E-state index in [1.165, 1.54) is 96.3 Å². The van der Waals surface area contributed by atoms with Crippen molar-refractivity contribution in [1.29, 1.82) is 0 Å². The van der Waals surface area contributed by atoms with Crippen LogP contribution >= 0.6 is 15.6 Å². The summed E-state index contributed by atoms with van der Waals surface area (Å²) in [5.74, 6) is -2.30. The van der Waals surface area contributed by atoms with Crippen molar-refractivity contribution < 1.29 is 80.2 Å². The van der Waals surface area contributed by atoms with Gasteiger partial charge in [0.15, 0.2) is 12.2 Å². The molecule has 0 bridgehead atoms. The molecule has 0 aliphatic rings. The van der Waals surface area contributed by atoms with Gasteiger partial charge < -0.3 is 33.8 Å². The lowest BCUT2D eigenvalue weighted by molar-refractivity contribution is -0.161. The third-order valence-electron chi connectivity index (χ3n) is 16.9. The number of allylic oxidation sites excluding steroid dienone is 20. The molecule has 0 saturated carbocycles. The van der Waals surface area contributed by atoms with Gasteiger partial charge in [0.1, 0.15) is 19.3 Å². The minimum Gasteiger partial charge on any atom is -0.462 e. The molecule has 0 aliphatic carbocycles. The van der Waals surface area contributed by atoms with E-state index in [4.69, 9.17) is 37.0 Å². The molecule has 0 rings (SSSR count). The molecule has 0 aliphatic heterocycles. The molecule has 5 atom stereocenters. The number of hydrogen-bond donors (Lipinski definition) is 3. The summed E-state index contributed by atoms with van der Waals surface area (Å²) in [7, 11) is -9.99. The van der Waals surface area contributed by atoms with Crippen molar-refractivity contribution in [1.82, 2.24) is 0 Å². The fourth-order valence-corrected chi connectivity index (χ4v) is 12.2. The summed E-state index contributed by atoms with van der Waals surface area (Å²) in [6, 6.07) is 0. The summed E-state index contributed by atoms with van der Waals surface area (Å²) < 4.78 is 68.5. The van der Waals surface area contributed by atoms with Gasteiger partial charge in [-0.2, -0.15) is 0 Å². The number of ether oxygens (including phenoxy) is 4. The van der Waals surface area contributed by atoms with Crippen molar-refractivity contribution in [3.63, 3.8) is 0 Å². The maximum atomic E-state index is 13.1. The first-order valence-electron chi connectivity index (χ1n) is 40.8. The average molecular weight is 1500 g/mol. The van der Waals surface area contributed by atoms with Crippen molar-refractivity contribution in [2.24, 2.45) is 0 Å². The first-order chi connectivity index (χ1) is 50.7. The van der Waals surface area contributed by atoms with Gasteiger partial charge in [-0.1, -0.05) is 278 Å². The van der Waals surface area contributed by atoms with Crippen LogP contribution in [0.3, 0.4) is 0 Å². The molecule has 0 aromatic heterocycles. The van der Waals surface area contributed by atoms with Gasteiger partial charge >= 0.3 is 39.5 Å². The number of carbonyl (C=O) groups is 4. The Kier molecular flexibility index (Phi) is 73.3. The van der Waals surface area contributed by atoms with Gasteiger partial charge in [0.05, 0.1) is 26.4 Å². The molecule has 0 aromatic rings. The van der Waals surface area contributed by atoms with Crippen molar-refractivity contribution in [3.8, 4) is 0 Å². The molecular formula is C85H146O17P2. The predicted octanol–water partition coefficient (Wildman–Crippen LogP) is 23.9. The number of carbonyl (C=O) groups excluding carboxylic acids is 4.